The van der Waals surface area contributed by atoms with E-state index >= 15 is 0 Å². The summed E-state index contributed by atoms with van der Waals surface area (Å²) in [6.45, 7) is 5.04. The van der Waals surface area contributed by atoms with Crippen LogP contribution in [0, 0.1) is 0 Å². The summed E-state index contributed by atoms with van der Waals surface area (Å²) in [5.41, 5.74) is -0.700. The molecule has 0 radical (unpaired) electrons. The van der Waals surface area contributed by atoms with E-state index in [1.807, 2.05) is 0 Å². The average Bonchev–Trinajstić information content (AvgIpc) is 2.28. The third-order valence-corrected chi connectivity index (χ3v) is 2.00. The summed E-state index contributed by atoms with van der Waals surface area (Å²) >= 11 is 0. The molecular weight excluding hydrogens is 231 g/mol. The van der Waals surface area contributed by atoms with Gasteiger partial charge in [0.25, 0.3) is 0 Å². The Bertz CT molecular complexity index is 363. The van der Waals surface area contributed by atoms with Crippen molar-refractivity contribution in [1.82, 2.24) is 5.32 Å². The molecule has 0 bridgehead atoms. The number of ether oxygens (including phenoxy) is 1. The largest absolute Gasteiger partial charge is 0.492 e. The molecule has 0 amide bonds. The van der Waals surface area contributed by atoms with Gasteiger partial charge in [-0.05, 0) is 18.2 Å². The summed E-state index contributed by atoms with van der Waals surface area (Å²) in [4.78, 5) is 0. The van der Waals surface area contributed by atoms with Gasteiger partial charge in [-0.15, -0.1) is 6.58 Å². The van der Waals surface area contributed by atoms with Crippen molar-refractivity contribution in [1.29, 1.82) is 0 Å². The Hall–Kier alpha value is -1.49. The van der Waals surface area contributed by atoms with Crippen LogP contribution in [0.15, 0.2) is 36.9 Å². The SMILES string of the molecule is C=CCNCCOc1cccc(C(F)(F)F)c1. The highest BCUT2D eigenvalue weighted by atomic mass is 19.4. The first kappa shape index (κ1) is 13.6. The van der Waals surface area contributed by atoms with Crippen LogP contribution in [0.3, 0.4) is 0 Å². The summed E-state index contributed by atoms with van der Waals surface area (Å²) in [7, 11) is 0. The highest BCUT2D eigenvalue weighted by molar-refractivity contribution is 5.30. The monoisotopic (exact) mass is 245 g/mol. The van der Waals surface area contributed by atoms with E-state index in [1.165, 1.54) is 12.1 Å². The lowest BCUT2D eigenvalue weighted by Crippen LogP contribution is -2.20. The smallest absolute Gasteiger partial charge is 0.416 e. The molecular formula is C12H14F3NO. The molecule has 2 nitrogen and oxygen atoms in total. The van der Waals surface area contributed by atoms with Crippen LogP contribution in [0.2, 0.25) is 0 Å². The number of nitrogens with one attached hydrogen (secondary N) is 1. The van der Waals surface area contributed by atoms with Crippen LogP contribution >= 0.6 is 0 Å². The number of rotatable bonds is 6. The predicted octanol–water partition coefficient (Wildman–Crippen LogP) is 2.86. The third kappa shape index (κ3) is 4.91. The van der Waals surface area contributed by atoms with Crippen LogP contribution in [-0.4, -0.2) is 19.7 Å². The lowest BCUT2D eigenvalue weighted by Gasteiger charge is -2.10. The summed E-state index contributed by atoms with van der Waals surface area (Å²) < 4.78 is 42.3. The van der Waals surface area contributed by atoms with Crippen LogP contribution in [0.5, 0.6) is 5.75 Å². The van der Waals surface area contributed by atoms with Crippen LogP contribution in [0.4, 0.5) is 13.2 Å². The maximum absolute atomic E-state index is 12.4. The van der Waals surface area contributed by atoms with Crippen molar-refractivity contribution in [3.8, 4) is 5.75 Å². The van der Waals surface area contributed by atoms with Gasteiger partial charge in [0.1, 0.15) is 12.4 Å². The number of alkyl halides is 3. The zero-order valence-corrected chi connectivity index (χ0v) is 9.26. The minimum atomic E-state index is -4.33. The molecule has 5 heteroatoms. The molecule has 94 valence electrons. The standard InChI is InChI=1S/C12H14F3NO/c1-2-6-16-7-8-17-11-5-3-4-10(9-11)12(13,14)15/h2-5,9,16H,1,6-8H2. The van der Waals surface area contributed by atoms with Crippen molar-refractivity contribution >= 4 is 0 Å². The molecule has 0 heterocycles. The van der Waals surface area contributed by atoms with Gasteiger partial charge in [-0.25, -0.2) is 0 Å². The number of benzene rings is 1. The quantitative estimate of drug-likeness (QED) is 0.614. The molecule has 0 unspecified atom stereocenters. The summed E-state index contributed by atoms with van der Waals surface area (Å²) in [6, 6.07) is 4.84. The van der Waals surface area contributed by atoms with Crippen molar-refractivity contribution < 1.29 is 17.9 Å². The van der Waals surface area contributed by atoms with Gasteiger partial charge in [0.15, 0.2) is 0 Å². The van der Waals surface area contributed by atoms with E-state index in [-0.39, 0.29) is 5.75 Å². The minimum Gasteiger partial charge on any atom is -0.492 e. The molecule has 1 rings (SSSR count). The molecule has 0 spiro atoms. The zero-order valence-electron chi connectivity index (χ0n) is 9.26. The van der Waals surface area contributed by atoms with Gasteiger partial charge >= 0.3 is 6.18 Å². The third-order valence-electron chi connectivity index (χ3n) is 2.00. The van der Waals surface area contributed by atoms with Crippen LogP contribution < -0.4 is 10.1 Å². The molecule has 1 aromatic carbocycles. The van der Waals surface area contributed by atoms with Gasteiger partial charge in [-0.1, -0.05) is 12.1 Å². The van der Waals surface area contributed by atoms with E-state index in [2.05, 4.69) is 11.9 Å². The highest BCUT2D eigenvalue weighted by Crippen LogP contribution is 2.31. The van der Waals surface area contributed by atoms with Crippen LogP contribution in [-0.2, 0) is 6.18 Å². The molecule has 0 aliphatic rings. The lowest BCUT2D eigenvalue weighted by atomic mass is 10.2. The van der Waals surface area contributed by atoms with Crippen molar-refractivity contribution in [3.63, 3.8) is 0 Å². The first-order valence-electron chi connectivity index (χ1n) is 5.15. The molecule has 0 saturated carbocycles. The Kier molecular flexibility index (Phi) is 5.03. The molecule has 0 aliphatic carbocycles. The molecule has 0 saturated heterocycles. The van der Waals surface area contributed by atoms with Crippen molar-refractivity contribution in [2.24, 2.45) is 0 Å². The first-order valence-corrected chi connectivity index (χ1v) is 5.15. The van der Waals surface area contributed by atoms with Crippen molar-refractivity contribution in [2.45, 2.75) is 6.18 Å². The Labute approximate surface area is 98.1 Å². The van der Waals surface area contributed by atoms with E-state index < -0.39 is 11.7 Å². The van der Waals surface area contributed by atoms with Gasteiger partial charge in [0.2, 0.25) is 0 Å². The van der Waals surface area contributed by atoms with E-state index in [1.54, 1.807) is 6.08 Å². The minimum absolute atomic E-state index is 0.222. The van der Waals surface area contributed by atoms with Gasteiger partial charge < -0.3 is 10.1 Å². The van der Waals surface area contributed by atoms with E-state index in [9.17, 15) is 13.2 Å². The molecule has 1 N–H and O–H groups in total. The predicted molar refractivity (Wildman–Crippen MR) is 60.0 cm³/mol. The molecule has 0 aliphatic heterocycles. The summed E-state index contributed by atoms with van der Waals surface area (Å²) in [5, 5.41) is 2.98. The molecule has 1 aromatic rings. The maximum atomic E-state index is 12.4. The van der Waals surface area contributed by atoms with E-state index in [0.29, 0.717) is 19.7 Å². The second-order valence-corrected chi connectivity index (χ2v) is 3.37. The van der Waals surface area contributed by atoms with Gasteiger partial charge in [0.05, 0.1) is 5.56 Å². The van der Waals surface area contributed by atoms with E-state index in [0.717, 1.165) is 12.1 Å². The molecule has 0 aromatic heterocycles. The Morgan fingerprint density at radius 2 is 2.12 bits per heavy atom. The fraction of sp³-hybridized carbons (Fsp3) is 0.333. The molecule has 17 heavy (non-hydrogen) atoms. The molecule has 0 atom stereocenters. The fourth-order valence-electron chi connectivity index (χ4n) is 1.21. The van der Waals surface area contributed by atoms with Gasteiger partial charge in [-0.3, -0.25) is 0 Å². The van der Waals surface area contributed by atoms with Gasteiger partial charge in [-0.2, -0.15) is 13.2 Å². The highest BCUT2D eigenvalue weighted by Gasteiger charge is 2.30. The topological polar surface area (TPSA) is 21.3 Å². The van der Waals surface area contributed by atoms with E-state index in [4.69, 9.17) is 4.74 Å². The van der Waals surface area contributed by atoms with Gasteiger partial charge in [0, 0.05) is 13.1 Å². The van der Waals surface area contributed by atoms with Crippen LogP contribution in [0.25, 0.3) is 0 Å². The number of halogens is 3. The fourth-order valence-corrected chi connectivity index (χ4v) is 1.21. The lowest BCUT2D eigenvalue weighted by molar-refractivity contribution is -0.137. The van der Waals surface area contributed by atoms with Crippen LogP contribution in [0.1, 0.15) is 5.56 Å². The normalized spacial score (nSPS) is 11.2. The second-order valence-electron chi connectivity index (χ2n) is 3.37. The Morgan fingerprint density at radius 3 is 2.76 bits per heavy atom. The summed E-state index contributed by atoms with van der Waals surface area (Å²) in [5.74, 6) is 0.222. The summed E-state index contributed by atoms with van der Waals surface area (Å²) in [6.07, 6.45) is -2.63. The zero-order chi connectivity index (χ0) is 12.7. The maximum Gasteiger partial charge on any atom is 0.416 e. The Morgan fingerprint density at radius 1 is 1.35 bits per heavy atom. The van der Waals surface area contributed by atoms with Crippen molar-refractivity contribution in [3.05, 3.63) is 42.5 Å². The second kappa shape index (κ2) is 6.30. The number of hydrogen-bond donors (Lipinski definition) is 1. The first-order chi connectivity index (χ1) is 8.04. The average molecular weight is 245 g/mol. The number of hydrogen-bond acceptors (Lipinski definition) is 2. The molecule has 0 fully saturated rings. The Balaban J connectivity index is 2.46. The van der Waals surface area contributed by atoms with Crippen molar-refractivity contribution in [2.75, 3.05) is 19.7 Å².